The summed E-state index contributed by atoms with van der Waals surface area (Å²) in [5.74, 6) is 0.526. The number of rotatable bonds is 2. The monoisotopic (exact) mass is 241 g/mol. The molecule has 2 heterocycles. The van der Waals surface area contributed by atoms with E-state index in [4.69, 9.17) is 0 Å². The molecule has 1 aliphatic heterocycles. The highest BCUT2D eigenvalue weighted by molar-refractivity contribution is 5.88. The van der Waals surface area contributed by atoms with Gasteiger partial charge in [0.05, 0.1) is 11.2 Å². The lowest BCUT2D eigenvalue weighted by Gasteiger charge is -2.18. The Hall–Kier alpha value is -1.61. The van der Waals surface area contributed by atoms with Crippen molar-refractivity contribution in [2.45, 2.75) is 26.2 Å². The number of benzene rings is 1. The summed E-state index contributed by atoms with van der Waals surface area (Å²) in [6, 6.07) is 6.67. The highest BCUT2D eigenvalue weighted by Gasteiger charge is 2.19. The fraction of sp³-hybridized carbons (Fsp3) is 0.400. The van der Waals surface area contributed by atoms with E-state index in [0.717, 1.165) is 18.5 Å². The summed E-state index contributed by atoms with van der Waals surface area (Å²) >= 11 is 0. The molecule has 1 N–H and O–H groups in total. The van der Waals surface area contributed by atoms with Crippen LogP contribution in [0.2, 0.25) is 0 Å². The summed E-state index contributed by atoms with van der Waals surface area (Å²) in [7, 11) is 1.98. The second-order valence-corrected chi connectivity index (χ2v) is 5.18. The maximum Gasteiger partial charge on any atom is 0.0709 e. The first kappa shape index (κ1) is 11.5. The summed E-state index contributed by atoms with van der Waals surface area (Å²) in [5.41, 5.74) is 8.45. The van der Waals surface area contributed by atoms with E-state index in [2.05, 4.69) is 47.5 Å². The molecule has 3 nitrogen and oxygen atoms in total. The average Bonchev–Trinajstić information content (AvgIpc) is 2.77. The van der Waals surface area contributed by atoms with Gasteiger partial charge in [0.25, 0.3) is 0 Å². The lowest BCUT2D eigenvalue weighted by Crippen LogP contribution is -2.32. The normalized spacial score (nSPS) is 14.6. The largest absolute Gasteiger partial charge is 0.308 e. The van der Waals surface area contributed by atoms with Crippen molar-refractivity contribution in [2.75, 3.05) is 18.6 Å². The van der Waals surface area contributed by atoms with E-state index >= 15 is 0 Å². The Bertz CT molecular complexity index is 590. The molecule has 0 bridgehead atoms. The van der Waals surface area contributed by atoms with Crippen LogP contribution in [-0.4, -0.2) is 18.6 Å². The van der Waals surface area contributed by atoms with Crippen LogP contribution in [0.4, 0.5) is 5.69 Å². The molecule has 3 rings (SSSR count). The second kappa shape index (κ2) is 4.25. The third-order valence-corrected chi connectivity index (χ3v) is 3.76. The van der Waals surface area contributed by atoms with Gasteiger partial charge in [-0.3, -0.25) is 4.98 Å². The lowest BCUT2D eigenvalue weighted by molar-refractivity contribution is 0.734. The SMILES string of the molecule is CNN1CCc2cc3nccc(C(C)C)c3cc21. The Morgan fingerprint density at radius 2 is 2.17 bits per heavy atom. The Kier molecular flexibility index (Phi) is 2.71. The van der Waals surface area contributed by atoms with Gasteiger partial charge in [0, 0.05) is 25.2 Å². The van der Waals surface area contributed by atoms with Crippen LogP contribution in [0.25, 0.3) is 10.9 Å². The number of hydrogen-bond acceptors (Lipinski definition) is 3. The van der Waals surface area contributed by atoms with Gasteiger partial charge in [-0.1, -0.05) is 13.8 Å². The van der Waals surface area contributed by atoms with E-state index in [1.807, 2.05) is 13.2 Å². The number of fused-ring (bicyclic) bond motifs is 2. The van der Waals surface area contributed by atoms with Gasteiger partial charge < -0.3 is 5.01 Å². The van der Waals surface area contributed by atoms with E-state index in [0.29, 0.717) is 5.92 Å². The Labute approximate surface area is 108 Å². The number of nitrogens with zero attached hydrogens (tertiary/aromatic N) is 2. The predicted molar refractivity (Wildman–Crippen MR) is 75.9 cm³/mol. The summed E-state index contributed by atoms with van der Waals surface area (Å²) in [5, 5.41) is 3.50. The third-order valence-electron chi connectivity index (χ3n) is 3.76. The maximum absolute atomic E-state index is 4.51. The number of hydrogen-bond donors (Lipinski definition) is 1. The zero-order chi connectivity index (χ0) is 12.7. The molecule has 0 atom stereocenters. The van der Waals surface area contributed by atoms with Crippen molar-refractivity contribution in [3.8, 4) is 0 Å². The predicted octanol–water partition coefficient (Wildman–Crippen LogP) is 2.86. The number of nitrogens with one attached hydrogen (secondary N) is 1. The highest BCUT2D eigenvalue weighted by Crippen LogP contribution is 2.33. The Morgan fingerprint density at radius 3 is 2.89 bits per heavy atom. The van der Waals surface area contributed by atoms with Crippen LogP contribution in [0, 0.1) is 0 Å². The molecule has 3 heteroatoms. The molecule has 0 fully saturated rings. The molecule has 1 aromatic carbocycles. The van der Waals surface area contributed by atoms with Gasteiger partial charge in [0.15, 0.2) is 0 Å². The number of aromatic nitrogens is 1. The molecule has 0 amide bonds. The Balaban J connectivity index is 2.25. The van der Waals surface area contributed by atoms with Gasteiger partial charge in [-0.05, 0) is 41.7 Å². The van der Waals surface area contributed by atoms with Crippen molar-refractivity contribution in [1.29, 1.82) is 0 Å². The molecule has 2 aromatic rings. The molecule has 0 radical (unpaired) electrons. The fourth-order valence-corrected chi connectivity index (χ4v) is 2.79. The van der Waals surface area contributed by atoms with E-state index in [9.17, 15) is 0 Å². The van der Waals surface area contributed by atoms with Crippen LogP contribution < -0.4 is 10.4 Å². The van der Waals surface area contributed by atoms with Gasteiger partial charge in [-0.15, -0.1) is 0 Å². The molecule has 0 aliphatic carbocycles. The van der Waals surface area contributed by atoms with Crippen molar-refractivity contribution in [2.24, 2.45) is 0 Å². The summed E-state index contributed by atoms with van der Waals surface area (Å²) in [6.45, 7) is 5.51. The molecular formula is C15H19N3. The second-order valence-electron chi connectivity index (χ2n) is 5.18. The summed E-state index contributed by atoms with van der Waals surface area (Å²) in [6.07, 6.45) is 3.02. The van der Waals surface area contributed by atoms with E-state index < -0.39 is 0 Å². The minimum atomic E-state index is 0.526. The first-order valence-electron chi connectivity index (χ1n) is 6.57. The third kappa shape index (κ3) is 1.66. The molecule has 1 aromatic heterocycles. The minimum absolute atomic E-state index is 0.526. The average molecular weight is 241 g/mol. The Morgan fingerprint density at radius 1 is 1.33 bits per heavy atom. The maximum atomic E-state index is 4.51. The van der Waals surface area contributed by atoms with Crippen molar-refractivity contribution < 1.29 is 0 Å². The van der Waals surface area contributed by atoms with Crippen LogP contribution in [0.5, 0.6) is 0 Å². The molecular weight excluding hydrogens is 222 g/mol. The quantitative estimate of drug-likeness (QED) is 0.876. The first-order valence-corrected chi connectivity index (χ1v) is 6.57. The van der Waals surface area contributed by atoms with Gasteiger partial charge in [-0.2, -0.15) is 0 Å². The van der Waals surface area contributed by atoms with Gasteiger partial charge in [0.2, 0.25) is 0 Å². The van der Waals surface area contributed by atoms with Gasteiger partial charge in [-0.25, -0.2) is 5.43 Å². The standard InChI is InChI=1S/C15H19N3/c1-10(2)12-4-6-17-14-8-11-5-7-18(16-3)15(11)9-13(12)14/h4,6,8-10,16H,5,7H2,1-3H3. The molecule has 1 aliphatic rings. The molecule has 0 spiro atoms. The highest BCUT2D eigenvalue weighted by atomic mass is 15.5. The van der Waals surface area contributed by atoms with Gasteiger partial charge in [0.1, 0.15) is 0 Å². The van der Waals surface area contributed by atoms with Crippen LogP contribution in [0.1, 0.15) is 30.9 Å². The van der Waals surface area contributed by atoms with E-state index in [-0.39, 0.29) is 0 Å². The van der Waals surface area contributed by atoms with Crippen LogP contribution >= 0.6 is 0 Å². The number of hydrazine groups is 1. The van der Waals surface area contributed by atoms with Crippen molar-refractivity contribution in [1.82, 2.24) is 10.4 Å². The van der Waals surface area contributed by atoms with E-state index in [1.165, 1.54) is 22.2 Å². The lowest BCUT2D eigenvalue weighted by atomic mass is 9.97. The van der Waals surface area contributed by atoms with Crippen LogP contribution in [-0.2, 0) is 6.42 Å². The number of anilines is 1. The smallest absolute Gasteiger partial charge is 0.0709 e. The zero-order valence-electron chi connectivity index (χ0n) is 11.2. The topological polar surface area (TPSA) is 28.2 Å². The molecule has 0 unspecified atom stereocenters. The minimum Gasteiger partial charge on any atom is -0.308 e. The molecule has 18 heavy (non-hydrogen) atoms. The summed E-state index contributed by atoms with van der Waals surface area (Å²) < 4.78 is 0. The van der Waals surface area contributed by atoms with Crippen LogP contribution in [0.15, 0.2) is 24.4 Å². The number of pyridine rings is 1. The van der Waals surface area contributed by atoms with Crippen LogP contribution in [0.3, 0.4) is 0 Å². The summed E-state index contributed by atoms with van der Waals surface area (Å²) in [4.78, 5) is 4.51. The molecule has 0 saturated heterocycles. The zero-order valence-corrected chi connectivity index (χ0v) is 11.2. The van der Waals surface area contributed by atoms with E-state index in [1.54, 1.807) is 0 Å². The van der Waals surface area contributed by atoms with Crippen molar-refractivity contribution >= 4 is 16.6 Å². The van der Waals surface area contributed by atoms with Crippen molar-refractivity contribution in [3.63, 3.8) is 0 Å². The first-order chi connectivity index (χ1) is 8.70. The van der Waals surface area contributed by atoms with Gasteiger partial charge >= 0.3 is 0 Å². The fourth-order valence-electron chi connectivity index (χ4n) is 2.79. The molecule has 0 saturated carbocycles. The van der Waals surface area contributed by atoms with Crippen molar-refractivity contribution in [3.05, 3.63) is 35.5 Å². The molecule has 94 valence electrons.